The topological polar surface area (TPSA) is 78.5 Å². The van der Waals surface area contributed by atoms with E-state index in [1.54, 1.807) is 24.3 Å². The van der Waals surface area contributed by atoms with Crippen LogP contribution in [0.2, 0.25) is 0 Å². The second kappa shape index (κ2) is 7.11. The number of hydrogen-bond donors (Lipinski definition) is 2. The first-order valence-electron chi connectivity index (χ1n) is 8.28. The lowest BCUT2D eigenvalue weighted by Crippen LogP contribution is -2.50. The van der Waals surface area contributed by atoms with Crippen LogP contribution in [0.4, 0.5) is 11.4 Å². The first-order valence-corrected chi connectivity index (χ1v) is 10.2. The van der Waals surface area contributed by atoms with Gasteiger partial charge in [0.05, 0.1) is 12.3 Å². The molecular weight excluding hydrogens is 326 g/mol. The second-order valence-electron chi connectivity index (χ2n) is 6.96. The van der Waals surface area contributed by atoms with Gasteiger partial charge in [-0.2, -0.15) is 0 Å². The molecule has 1 aromatic rings. The summed E-state index contributed by atoms with van der Waals surface area (Å²) >= 11 is 0. The van der Waals surface area contributed by atoms with E-state index in [0.29, 0.717) is 11.4 Å². The molecule has 0 aliphatic carbocycles. The van der Waals surface area contributed by atoms with Crippen molar-refractivity contribution in [1.29, 1.82) is 0 Å². The summed E-state index contributed by atoms with van der Waals surface area (Å²) in [7, 11) is -3.30. The predicted molar refractivity (Wildman–Crippen MR) is 97.6 cm³/mol. The smallest absolute Gasteiger partial charge is 0.241 e. The SMILES string of the molecule is CCC(C)(C)N1CCCC1C(=O)Nc1ccc(NS(C)(=O)=O)cc1. The highest BCUT2D eigenvalue weighted by atomic mass is 32.2. The second-order valence-corrected chi connectivity index (χ2v) is 8.71. The molecule has 2 rings (SSSR count). The molecule has 6 nitrogen and oxygen atoms in total. The zero-order valence-electron chi connectivity index (χ0n) is 14.8. The Balaban J connectivity index is 2.04. The summed E-state index contributed by atoms with van der Waals surface area (Å²) in [4.78, 5) is 14.9. The zero-order chi connectivity index (χ0) is 18.0. The van der Waals surface area contributed by atoms with Crippen molar-refractivity contribution in [3.63, 3.8) is 0 Å². The van der Waals surface area contributed by atoms with Crippen LogP contribution in [0.1, 0.15) is 40.0 Å². The number of nitrogens with zero attached hydrogens (tertiary/aromatic N) is 1. The van der Waals surface area contributed by atoms with Crippen LogP contribution >= 0.6 is 0 Å². The van der Waals surface area contributed by atoms with Crippen LogP contribution in [0.15, 0.2) is 24.3 Å². The van der Waals surface area contributed by atoms with Crippen molar-refractivity contribution < 1.29 is 13.2 Å². The Kier molecular flexibility index (Phi) is 5.55. The van der Waals surface area contributed by atoms with Crippen molar-refractivity contribution in [3.8, 4) is 0 Å². The highest BCUT2D eigenvalue weighted by Gasteiger charge is 2.38. The largest absolute Gasteiger partial charge is 0.325 e. The summed E-state index contributed by atoms with van der Waals surface area (Å²) in [5, 5.41) is 2.94. The number of likely N-dealkylation sites (tertiary alicyclic amines) is 1. The molecule has 1 fully saturated rings. The first kappa shape index (κ1) is 18.7. The summed E-state index contributed by atoms with van der Waals surface area (Å²) in [5.41, 5.74) is 1.15. The maximum Gasteiger partial charge on any atom is 0.241 e. The lowest BCUT2D eigenvalue weighted by atomic mass is 9.98. The minimum Gasteiger partial charge on any atom is -0.325 e. The first-order chi connectivity index (χ1) is 11.1. The van der Waals surface area contributed by atoms with E-state index in [-0.39, 0.29) is 17.5 Å². The normalized spacial score (nSPS) is 19.2. The van der Waals surface area contributed by atoms with Gasteiger partial charge in [0.2, 0.25) is 15.9 Å². The third-order valence-electron chi connectivity index (χ3n) is 4.65. The Morgan fingerprint density at radius 1 is 1.25 bits per heavy atom. The number of amides is 1. The number of rotatable bonds is 6. The van der Waals surface area contributed by atoms with E-state index < -0.39 is 10.0 Å². The average Bonchev–Trinajstić information content (AvgIpc) is 2.98. The van der Waals surface area contributed by atoms with Crippen molar-refractivity contribution in [1.82, 2.24) is 4.90 Å². The van der Waals surface area contributed by atoms with Crippen molar-refractivity contribution in [2.45, 2.75) is 51.6 Å². The molecule has 1 aromatic carbocycles. The summed E-state index contributed by atoms with van der Waals surface area (Å²) in [6.45, 7) is 7.42. The average molecular weight is 353 g/mol. The van der Waals surface area contributed by atoms with Gasteiger partial charge in [-0.05, 0) is 63.9 Å². The van der Waals surface area contributed by atoms with Crippen LogP contribution in [-0.4, -0.2) is 43.6 Å². The fourth-order valence-corrected chi connectivity index (χ4v) is 3.59. The molecule has 2 N–H and O–H groups in total. The van der Waals surface area contributed by atoms with Gasteiger partial charge >= 0.3 is 0 Å². The van der Waals surface area contributed by atoms with Crippen LogP contribution in [0.3, 0.4) is 0 Å². The standard InChI is InChI=1S/C17H27N3O3S/c1-5-17(2,3)20-12-6-7-15(20)16(21)18-13-8-10-14(11-9-13)19-24(4,22)23/h8-11,15,19H,5-7,12H2,1-4H3,(H,18,21). The van der Waals surface area contributed by atoms with E-state index in [9.17, 15) is 13.2 Å². The van der Waals surface area contributed by atoms with Crippen LogP contribution < -0.4 is 10.0 Å². The fourth-order valence-electron chi connectivity index (χ4n) is 3.03. The van der Waals surface area contributed by atoms with Crippen LogP contribution in [0.5, 0.6) is 0 Å². The molecular formula is C17H27N3O3S. The molecule has 24 heavy (non-hydrogen) atoms. The van der Waals surface area contributed by atoms with E-state index in [0.717, 1.165) is 32.1 Å². The van der Waals surface area contributed by atoms with Crippen molar-refractivity contribution in [3.05, 3.63) is 24.3 Å². The molecule has 1 atom stereocenters. The number of benzene rings is 1. The van der Waals surface area contributed by atoms with Gasteiger partial charge in [0.25, 0.3) is 0 Å². The van der Waals surface area contributed by atoms with Gasteiger partial charge in [0.1, 0.15) is 0 Å². The van der Waals surface area contributed by atoms with Crippen molar-refractivity contribution in [2.24, 2.45) is 0 Å². The molecule has 0 bridgehead atoms. The predicted octanol–water partition coefficient (Wildman–Crippen LogP) is 2.65. The van der Waals surface area contributed by atoms with Gasteiger partial charge in [0.15, 0.2) is 0 Å². The minimum absolute atomic E-state index is 0.00176. The number of anilines is 2. The molecule has 7 heteroatoms. The monoisotopic (exact) mass is 353 g/mol. The van der Waals surface area contributed by atoms with E-state index in [2.05, 4.69) is 35.7 Å². The van der Waals surface area contributed by atoms with E-state index in [1.165, 1.54) is 0 Å². The lowest BCUT2D eigenvalue weighted by Gasteiger charge is -2.38. The van der Waals surface area contributed by atoms with Gasteiger partial charge < -0.3 is 5.32 Å². The Hall–Kier alpha value is -1.60. The Bertz CT molecular complexity index is 684. The maximum atomic E-state index is 12.6. The fraction of sp³-hybridized carbons (Fsp3) is 0.588. The molecule has 1 heterocycles. The van der Waals surface area contributed by atoms with Crippen molar-refractivity contribution in [2.75, 3.05) is 22.8 Å². The third-order valence-corrected chi connectivity index (χ3v) is 5.26. The van der Waals surface area contributed by atoms with Crippen LogP contribution in [-0.2, 0) is 14.8 Å². The van der Waals surface area contributed by atoms with E-state index in [1.807, 2.05) is 0 Å². The number of carbonyl (C=O) groups excluding carboxylic acids is 1. The highest BCUT2D eigenvalue weighted by Crippen LogP contribution is 2.29. The Morgan fingerprint density at radius 3 is 2.38 bits per heavy atom. The van der Waals surface area contributed by atoms with Gasteiger partial charge in [-0.3, -0.25) is 14.4 Å². The van der Waals surface area contributed by atoms with Gasteiger partial charge in [-0.25, -0.2) is 8.42 Å². The van der Waals surface area contributed by atoms with Crippen LogP contribution in [0, 0.1) is 0 Å². The van der Waals surface area contributed by atoms with Gasteiger partial charge in [0, 0.05) is 16.9 Å². The number of carbonyl (C=O) groups is 1. The van der Waals surface area contributed by atoms with Gasteiger partial charge in [-0.1, -0.05) is 6.92 Å². The molecule has 0 aromatic heterocycles. The molecule has 1 amide bonds. The lowest BCUT2D eigenvalue weighted by molar-refractivity contribution is -0.122. The highest BCUT2D eigenvalue weighted by molar-refractivity contribution is 7.92. The van der Waals surface area contributed by atoms with Crippen molar-refractivity contribution >= 4 is 27.3 Å². The summed E-state index contributed by atoms with van der Waals surface area (Å²) in [6.07, 6.45) is 3.98. The summed E-state index contributed by atoms with van der Waals surface area (Å²) in [5.74, 6) is -0.00199. The number of hydrogen-bond acceptors (Lipinski definition) is 4. The Morgan fingerprint density at radius 2 is 1.83 bits per heavy atom. The molecule has 1 aliphatic heterocycles. The zero-order valence-corrected chi connectivity index (χ0v) is 15.6. The third kappa shape index (κ3) is 4.70. The molecule has 1 aliphatic rings. The maximum absolute atomic E-state index is 12.6. The van der Waals surface area contributed by atoms with Gasteiger partial charge in [-0.15, -0.1) is 0 Å². The van der Waals surface area contributed by atoms with E-state index in [4.69, 9.17) is 0 Å². The minimum atomic E-state index is -3.30. The molecule has 134 valence electrons. The van der Waals surface area contributed by atoms with Crippen LogP contribution in [0.25, 0.3) is 0 Å². The quantitative estimate of drug-likeness (QED) is 0.824. The number of nitrogens with one attached hydrogen (secondary N) is 2. The Labute approximate surface area is 144 Å². The summed E-state index contributed by atoms with van der Waals surface area (Å²) < 4.78 is 24.8. The summed E-state index contributed by atoms with van der Waals surface area (Å²) in [6, 6.07) is 6.57. The molecule has 0 spiro atoms. The van der Waals surface area contributed by atoms with E-state index >= 15 is 0 Å². The molecule has 0 saturated carbocycles. The molecule has 1 saturated heterocycles. The number of sulfonamides is 1. The molecule has 1 unspecified atom stereocenters. The molecule has 0 radical (unpaired) electrons.